The zero-order valence-corrected chi connectivity index (χ0v) is 15.0. The zero-order valence-electron chi connectivity index (χ0n) is 15.0. The molecule has 130 valence electrons. The Kier molecular flexibility index (Phi) is 5.22. The molecular formula is C22H25NO2. The topological polar surface area (TPSA) is 40.5 Å². The highest BCUT2D eigenvalue weighted by molar-refractivity contribution is 6.16. The molecule has 25 heavy (non-hydrogen) atoms. The number of anilines is 1. The molecule has 1 aliphatic carbocycles. The molecule has 1 N–H and O–H groups in total. The van der Waals surface area contributed by atoms with Gasteiger partial charge in [0.25, 0.3) is 0 Å². The van der Waals surface area contributed by atoms with E-state index in [0.717, 1.165) is 42.6 Å². The SMILES string of the molecule is CCCN(CCC)c1ccc(C=C2Cc3c(O)cccc3C2=O)cc1. The lowest BCUT2D eigenvalue weighted by Gasteiger charge is -2.23. The molecule has 0 saturated carbocycles. The zero-order chi connectivity index (χ0) is 17.8. The number of phenols is 1. The summed E-state index contributed by atoms with van der Waals surface area (Å²) in [6, 6.07) is 13.5. The minimum Gasteiger partial charge on any atom is -0.508 e. The van der Waals surface area contributed by atoms with Crippen molar-refractivity contribution in [2.24, 2.45) is 0 Å². The van der Waals surface area contributed by atoms with Gasteiger partial charge in [-0.25, -0.2) is 0 Å². The number of nitrogens with zero attached hydrogens (tertiary/aromatic N) is 1. The Morgan fingerprint density at radius 1 is 1.04 bits per heavy atom. The number of carbonyl (C=O) groups excluding carboxylic acids is 1. The molecule has 0 radical (unpaired) electrons. The molecule has 0 amide bonds. The van der Waals surface area contributed by atoms with Gasteiger partial charge in [0.05, 0.1) is 0 Å². The van der Waals surface area contributed by atoms with E-state index < -0.39 is 0 Å². The highest BCUT2D eigenvalue weighted by Gasteiger charge is 2.26. The van der Waals surface area contributed by atoms with Crippen LogP contribution in [-0.4, -0.2) is 24.0 Å². The second kappa shape index (κ2) is 7.56. The maximum absolute atomic E-state index is 12.5. The Hall–Kier alpha value is -2.55. The molecule has 3 rings (SSSR count). The molecule has 2 aromatic carbocycles. The van der Waals surface area contributed by atoms with E-state index in [1.807, 2.05) is 6.08 Å². The fraction of sp³-hybridized carbons (Fsp3) is 0.318. The molecule has 0 atom stereocenters. The summed E-state index contributed by atoms with van der Waals surface area (Å²) in [6.45, 7) is 6.50. The van der Waals surface area contributed by atoms with Gasteiger partial charge in [-0.1, -0.05) is 38.1 Å². The highest BCUT2D eigenvalue weighted by atomic mass is 16.3. The number of ketones is 1. The Morgan fingerprint density at radius 2 is 1.72 bits per heavy atom. The van der Waals surface area contributed by atoms with E-state index >= 15 is 0 Å². The first-order valence-electron chi connectivity index (χ1n) is 9.05. The number of phenolic OH excluding ortho intramolecular Hbond substituents is 1. The van der Waals surface area contributed by atoms with Crippen LogP contribution in [-0.2, 0) is 6.42 Å². The molecule has 1 aliphatic rings. The van der Waals surface area contributed by atoms with E-state index in [9.17, 15) is 9.90 Å². The number of Topliss-reactive ketones (excluding diaryl/α,β-unsaturated/α-hetero) is 1. The number of hydrogen-bond donors (Lipinski definition) is 1. The summed E-state index contributed by atoms with van der Waals surface area (Å²) < 4.78 is 0. The minimum absolute atomic E-state index is 0.0218. The van der Waals surface area contributed by atoms with Gasteiger partial charge in [0, 0.05) is 41.9 Å². The van der Waals surface area contributed by atoms with Gasteiger partial charge in [-0.3, -0.25) is 4.79 Å². The maximum Gasteiger partial charge on any atom is 0.189 e. The standard InChI is InChI=1S/C22H25NO2/c1-3-12-23(13-4-2)18-10-8-16(9-11-18)14-17-15-20-19(22(17)25)6-5-7-21(20)24/h5-11,14,24H,3-4,12-13,15H2,1-2H3. The number of allylic oxidation sites excluding steroid dienone is 1. The molecule has 0 aromatic heterocycles. The van der Waals surface area contributed by atoms with Crippen LogP contribution in [0, 0.1) is 0 Å². The van der Waals surface area contributed by atoms with Gasteiger partial charge in [-0.2, -0.15) is 0 Å². The van der Waals surface area contributed by atoms with Crippen molar-refractivity contribution in [1.82, 2.24) is 0 Å². The summed E-state index contributed by atoms with van der Waals surface area (Å²) in [4.78, 5) is 14.9. The van der Waals surface area contributed by atoms with Crippen molar-refractivity contribution in [2.45, 2.75) is 33.1 Å². The lowest BCUT2D eigenvalue weighted by Crippen LogP contribution is -2.24. The van der Waals surface area contributed by atoms with Crippen LogP contribution in [0.4, 0.5) is 5.69 Å². The van der Waals surface area contributed by atoms with E-state index in [1.165, 1.54) is 5.69 Å². The van der Waals surface area contributed by atoms with Gasteiger partial charge in [-0.05, 0) is 42.7 Å². The van der Waals surface area contributed by atoms with Crippen molar-refractivity contribution in [1.29, 1.82) is 0 Å². The van der Waals surface area contributed by atoms with Crippen LogP contribution in [0.3, 0.4) is 0 Å². The number of carbonyl (C=O) groups is 1. The van der Waals surface area contributed by atoms with Gasteiger partial charge < -0.3 is 10.0 Å². The third-order valence-electron chi connectivity index (χ3n) is 4.64. The van der Waals surface area contributed by atoms with Crippen molar-refractivity contribution in [3.8, 4) is 5.75 Å². The number of fused-ring (bicyclic) bond motifs is 1. The van der Waals surface area contributed by atoms with Crippen LogP contribution in [0.1, 0.15) is 48.2 Å². The quantitative estimate of drug-likeness (QED) is 0.768. The van der Waals surface area contributed by atoms with Gasteiger partial charge >= 0.3 is 0 Å². The Morgan fingerprint density at radius 3 is 2.32 bits per heavy atom. The smallest absolute Gasteiger partial charge is 0.189 e. The van der Waals surface area contributed by atoms with Crippen molar-refractivity contribution >= 4 is 17.5 Å². The van der Waals surface area contributed by atoms with E-state index in [-0.39, 0.29) is 11.5 Å². The summed E-state index contributed by atoms with van der Waals surface area (Å²) in [6.07, 6.45) is 4.69. The Balaban J connectivity index is 1.81. The Bertz CT molecular complexity index is 784. The Labute approximate surface area is 149 Å². The van der Waals surface area contributed by atoms with Crippen LogP contribution in [0.2, 0.25) is 0 Å². The first kappa shape index (κ1) is 17.3. The molecule has 3 heteroatoms. The lowest BCUT2D eigenvalue weighted by molar-refractivity contribution is 0.104. The molecule has 0 unspecified atom stereocenters. The monoisotopic (exact) mass is 335 g/mol. The number of hydrogen-bond acceptors (Lipinski definition) is 3. The molecule has 3 nitrogen and oxygen atoms in total. The van der Waals surface area contributed by atoms with Crippen LogP contribution < -0.4 is 4.90 Å². The van der Waals surface area contributed by atoms with Gasteiger partial charge in [0.1, 0.15) is 5.75 Å². The summed E-state index contributed by atoms with van der Waals surface area (Å²) >= 11 is 0. The number of aromatic hydroxyl groups is 1. The third kappa shape index (κ3) is 3.60. The van der Waals surface area contributed by atoms with Gasteiger partial charge in [0.15, 0.2) is 5.78 Å². The van der Waals surface area contributed by atoms with Crippen molar-refractivity contribution in [2.75, 3.05) is 18.0 Å². The molecule has 0 saturated heterocycles. The predicted molar refractivity (Wildman–Crippen MR) is 103 cm³/mol. The van der Waals surface area contributed by atoms with Gasteiger partial charge in [-0.15, -0.1) is 0 Å². The highest BCUT2D eigenvalue weighted by Crippen LogP contribution is 2.33. The molecule has 0 bridgehead atoms. The van der Waals surface area contributed by atoms with Crippen molar-refractivity contribution in [3.05, 3.63) is 64.7 Å². The second-order valence-corrected chi connectivity index (χ2v) is 6.56. The van der Waals surface area contributed by atoms with Crippen LogP contribution >= 0.6 is 0 Å². The molecule has 2 aromatic rings. The number of benzene rings is 2. The normalized spacial score (nSPS) is 14.8. The molecule has 0 fully saturated rings. The number of rotatable bonds is 6. The van der Waals surface area contributed by atoms with E-state index in [4.69, 9.17) is 0 Å². The maximum atomic E-state index is 12.5. The fourth-order valence-corrected chi connectivity index (χ4v) is 3.43. The van der Waals surface area contributed by atoms with E-state index in [2.05, 4.69) is 43.0 Å². The molecule has 0 heterocycles. The first-order chi connectivity index (χ1) is 12.1. The van der Waals surface area contributed by atoms with E-state index in [1.54, 1.807) is 18.2 Å². The largest absolute Gasteiger partial charge is 0.508 e. The summed E-state index contributed by atoms with van der Waals surface area (Å²) in [5.74, 6) is 0.230. The lowest BCUT2D eigenvalue weighted by atomic mass is 10.1. The summed E-state index contributed by atoms with van der Waals surface area (Å²) in [5, 5.41) is 9.95. The first-order valence-corrected chi connectivity index (χ1v) is 9.05. The molecular weight excluding hydrogens is 310 g/mol. The summed E-state index contributed by atoms with van der Waals surface area (Å²) in [7, 11) is 0. The van der Waals surface area contributed by atoms with Crippen LogP contribution in [0.25, 0.3) is 6.08 Å². The third-order valence-corrected chi connectivity index (χ3v) is 4.64. The van der Waals surface area contributed by atoms with Crippen molar-refractivity contribution in [3.63, 3.8) is 0 Å². The van der Waals surface area contributed by atoms with Crippen molar-refractivity contribution < 1.29 is 9.90 Å². The molecule has 0 spiro atoms. The second-order valence-electron chi connectivity index (χ2n) is 6.56. The average Bonchev–Trinajstić information content (AvgIpc) is 2.93. The van der Waals surface area contributed by atoms with Crippen LogP contribution in [0.5, 0.6) is 5.75 Å². The predicted octanol–water partition coefficient (Wildman–Crippen LogP) is 4.84. The van der Waals surface area contributed by atoms with Crippen LogP contribution in [0.15, 0.2) is 48.0 Å². The molecule has 0 aliphatic heterocycles. The fourth-order valence-electron chi connectivity index (χ4n) is 3.43. The summed E-state index contributed by atoms with van der Waals surface area (Å²) in [5.41, 5.74) is 4.35. The van der Waals surface area contributed by atoms with E-state index in [0.29, 0.717) is 12.0 Å². The average molecular weight is 335 g/mol. The van der Waals surface area contributed by atoms with Gasteiger partial charge in [0.2, 0.25) is 0 Å². The minimum atomic E-state index is 0.0218.